The zero-order chi connectivity index (χ0) is 15.6. The van der Waals surface area contributed by atoms with Crippen LogP contribution in [0.2, 0.25) is 0 Å². The lowest BCUT2D eigenvalue weighted by Crippen LogP contribution is -2.45. The third kappa shape index (κ3) is 3.70. The summed E-state index contributed by atoms with van der Waals surface area (Å²) in [5.41, 5.74) is -2.36. The number of halogens is 3. The highest BCUT2D eigenvalue weighted by molar-refractivity contribution is 5.86. The van der Waals surface area contributed by atoms with Gasteiger partial charge in [-0.15, -0.1) is 5.10 Å². The monoisotopic (exact) mass is 307 g/mol. The second-order valence-electron chi connectivity index (χ2n) is 4.96. The van der Waals surface area contributed by atoms with E-state index in [4.69, 9.17) is 5.11 Å². The Morgan fingerprint density at radius 2 is 1.86 bits per heavy atom. The van der Waals surface area contributed by atoms with Crippen molar-refractivity contribution >= 4 is 5.97 Å². The molecule has 2 rings (SSSR count). The van der Waals surface area contributed by atoms with Crippen LogP contribution >= 0.6 is 0 Å². The molecule has 1 aromatic heterocycles. The fraction of sp³-hybridized carbons (Fsp3) is 0.727. The number of rotatable bonds is 4. The first kappa shape index (κ1) is 15.7. The molecular formula is C11H16F3N5O2. The number of carboxylic acids is 1. The van der Waals surface area contributed by atoms with Crippen LogP contribution in [0.3, 0.4) is 0 Å². The third-order valence-electron chi connectivity index (χ3n) is 3.43. The van der Waals surface area contributed by atoms with Gasteiger partial charge in [0.05, 0.1) is 6.54 Å². The number of likely N-dealkylation sites (N-methyl/N-ethyl adjacent to an activating group) is 1. The Morgan fingerprint density at radius 1 is 1.24 bits per heavy atom. The van der Waals surface area contributed by atoms with Crippen molar-refractivity contribution in [1.29, 1.82) is 0 Å². The van der Waals surface area contributed by atoms with Crippen molar-refractivity contribution in [3.05, 3.63) is 11.4 Å². The molecule has 0 unspecified atom stereocenters. The summed E-state index contributed by atoms with van der Waals surface area (Å²) < 4.78 is 39.4. The second-order valence-corrected chi connectivity index (χ2v) is 4.96. The summed E-state index contributed by atoms with van der Waals surface area (Å²) in [6, 6.07) is 0. The average Bonchev–Trinajstić information content (AvgIpc) is 2.82. The normalized spacial score (nSPS) is 18.1. The number of carboxylic acid groups (broad SMARTS) is 1. The number of piperazine rings is 1. The molecule has 1 aliphatic heterocycles. The highest BCUT2D eigenvalue weighted by atomic mass is 19.4. The van der Waals surface area contributed by atoms with Gasteiger partial charge in [-0.25, -0.2) is 9.48 Å². The molecule has 0 saturated carbocycles. The predicted molar refractivity (Wildman–Crippen MR) is 65.9 cm³/mol. The van der Waals surface area contributed by atoms with E-state index < -0.39 is 23.5 Å². The lowest BCUT2D eigenvalue weighted by atomic mass is 10.3. The molecule has 1 N–H and O–H groups in total. The first-order valence-corrected chi connectivity index (χ1v) is 6.44. The summed E-state index contributed by atoms with van der Waals surface area (Å²) in [5, 5.41) is 15.2. The van der Waals surface area contributed by atoms with Gasteiger partial charge >= 0.3 is 12.1 Å². The average molecular weight is 307 g/mol. The molecule has 2 heterocycles. The van der Waals surface area contributed by atoms with E-state index in [1.165, 1.54) is 0 Å². The van der Waals surface area contributed by atoms with E-state index in [0.29, 0.717) is 11.2 Å². The molecule has 1 aromatic rings. The quantitative estimate of drug-likeness (QED) is 0.859. The number of carbonyl (C=O) groups is 1. The fourth-order valence-corrected chi connectivity index (χ4v) is 2.20. The highest BCUT2D eigenvalue weighted by Gasteiger charge is 2.41. The zero-order valence-electron chi connectivity index (χ0n) is 11.5. The SMILES string of the molecule is CN1CCN(CCn2nnc(C(=O)O)c2C(F)(F)F)CC1. The van der Waals surface area contributed by atoms with Gasteiger partial charge in [0, 0.05) is 32.7 Å². The molecule has 21 heavy (non-hydrogen) atoms. The molecule has 0 bridgehead atoms. The van der Waals surface area contributed by atoms with Crippen molar-refractivity contribution in [1.82, 2.24) is 24.8 Å². The van der Waals surface area contributed by atoms with Gasteiger partial charge in [-0.05, 0) is 7.05 Å². The van der Waals surface area contributed by atoms with Gasteiger partial charge in [0.1, 0.15) is 0 Å². The van der Waals surface area contributed by atoms with Crippen LogP contribution in [0.1, 0.15) is 16.2 Å². The molecule has 10 heteroatoms. The Balaban J connectivity index is 2.08. The van der Waals surface area contributed by atoms with Gasteiger partial charge in [-0.1, -0.05) is 5.21 Å². The Morgan fingerprint density at radius 3 is 2.38 bits per heavy atom. The van der Waals surface area contributed by atoms with E-state index in [1.807, 2.05) is 11.9 Å². The predicted octanol–water partition coefficient (Wildman–Crippen LogP) is 0.242. The maximum Gasteiger partial charge on any atom is 0.435 e. The van der Waals surface area contributed by atoms with Crippen LogP contribution in [0.4, 0.5) is 13.2 Å². The molecule has 1 aliphatic rings. The summed E-state index contributed by atoms with van der Waals surface area (Å²) in [7, 11) is 1.98. The standard InChI is InChI=1S/C11H16F3N5O2/c1-17-2-4-18(5-3-17)6-7-19-9(11(12,13)14)8(10(20)21)15-16-19/h2-7H2,1H3,(H,20,21). The number of aromatic carboxylic acids is 1. The maximum absolute atomic E-state index is 12.9. The molecule has 0 radical (unpaired) electrons. The van der Waals surface area contributed by atoms with Crippen molar-refractivity contribution in [3.8, 4) is 0 Å². The summed E-state index contributed by atoms with van der Waals surface area (Å²) >= 11 is 0. The Kier molecular flexibility index (Phi) is 4.47. The third-order valence-corrected chi connectivity index (χ3v) is 3.43. The van der Waals surface area contributed by atoms with Crippen LogP contribution in [0, 0.1) is 0 Å². The Labute approximate surface area is 118 Å². The first-order chi connectivity index (χ1) is 9.79. The molecule has 1 saturated heterocycles. The zero-order valence-corrected chi connectivity index (χ0v) is 11.5. The summed E-state index contributed by atoms with van der Waals surface area (Å²) in [5.74, 6) is -1.73. The van der Waals surface area contributed by atoms with E-state index in [-0.39, 0.29) is 6.54 Å². The van der Waals surface area contributed by atoms with Crippen LogP contribution in [0.15, 0.2) is 0 Å². The number of aromatic nitrogens is 3. The lowest BCUT2D eigenvalue weighted by molar-refractivity contribution is -0.144. The van der Waals surface area contributed by atoms with Crippen molar-refractivity contribution in [2.75, 3.05) is 39.8 Å². The lowest BCUT2D eigenvalue weighted by Gasteiger charge is -2.32. The van der Waals surface area contributed by atoms with Gasteiger partial charge < -0.3 is 10.0 Å². The Bertz CT molecular complexity index is 508. The number of nitrogens with zero attached hydrogens (tertiary/aromatic N) is 5. The van der Waals surface area contributed by atoms with Crippen molar-refractivity contribution in [2.45, 2.75) is 12.7 Å². The van der Waals surface area contributed by atoms with E-state index in [1.54, 1.807) is 0 Å². The van der Waals surface area contributed by atoms with Crippen LogP contribution in [0.5, 0.6) is 0 Å². The summed E-state index contributed by atoms with van der Waals surface area (Å²) in [6.45, 7) is 3.56. The molecule has 118 valence electrons. The molecule has 0 aliphatic carbocycles. The minimum absolute atomic E-state index is 0.0428. The molecule has 0 spiro atoms. The number of hydrogen-bond acceptors (Lipinski definition) is 5. The minimum atomic E-state index is -4.79. The van der Waals surface area contributed by atoms with Crippen molar-refractivity contribution in [3.63, 3.8) is 0 Å². The molecule has 7 nitrogen and oxygen atoms in total. The van der Waals surface area contributed by atoms with Crippen LogP contribution in [0.25, 0.3) is 0 Å². The van der Waals surface area contributed by atoms with Crippen molar-refractivity contribution in [2.24, 2.45) is 0 Å². The maximum atomic E-state index is 12.9. The van der Waals surface area contributed by atoms with Gasteiger partial charge in [0.15, 0.2) is 5.69 Å². The van der Waals surface area contributed by atoms with Crippen LogP contribution < -0.4 is 0 Å². The van der Waals surface area contributed by atoms with E-state index >= 15 is 0 Å². The van der Waals surface area contributed by atoms with Crippen molar-refractivity contribution < 1.29 is 23.1 Å². The highest BCUT2D eigenvalue weighted by Crippen LogP contribution is 2.31. The molecule has 0 aromatic carbocycles. The smallest absolute Gasteiger partial charge is 0.435 e. The number of hydrogen-bond donors (Lipinski definition) is 1. The van der Waals surface area contributed by atoms with Crippen LogP contribution in [-0.4, -0.2) is 75.6 Å². The van der Waals surface area contributed by atoms with E-state index in [0.717, 1.165) is 26.2 Å². The van der Waals surface area contributed by atoms with Gasteiger partial charge in [-0.2, -0.15) is 13.2 Å². The second kappa shape index (κ2) is 5.98. The van der Waals surface area contributed by atoms with Gasteiger partial charge in [-0.3, -0.25) is 4.90 Å². The molecule has 1 fully saturated rings. The van der Waals surface area contributed by atoms with Gasteiger partial charge in [0.25, 0.3) is 0 Å². The summed E-state index contributed by atoms with van der Waals surface area (Å²) in [4.78, 5) is 14.9. The first-order valence-electron chi connectivity index (χ1n) is 6.44. The minimum Gasteiger partial charge on any atom is -0.476 e. The molecular weight excluding hydrogens is 291 g/mol. The fourth-order valence-electron chi connectivity index (χ4n) is 2.20. The number of alkyl halides is 3. The Hall–Kier alpha value is -1.68. The van der Waals surface area contributed by atoms with Crippen LogP contribution in [-0.2, 0) is 12.7 Å². The molecule has 0 atom stereocenters. The summed E-state index contributed by atoms with van der Waals surface area (Å²) in [6.07, 6.45) is -4.79. The van der Waals surface area contributed by atoms with Gasteiger partial charge in [0.2, 0.25) is 5.69 Å². The topological polar surface area (TPSA) is 74.5 Å². The molecule has 0 amide bonds. The largest absolute Gasteiger partial charge is 0.476 e. The van der Waals surface area contributed by atoms with E-state index in [2.05, 4.69) is 15.2 Å². The van der Waals surface area contributed by atoms with E-state index in [9.17, 15) is 18.0 Å².